The van der Waals surface area contributed by atoms with E-state index < -0.39 is 29.1 Å². The molecule has 0 saturated carbocycles. The number of benzene rings is 1. The highest BCUT2D eigenvalue weighted by atomic mass is 19.3. The van der Waals surface area contributed by atoms with Crippen LogP contribution in [0.5, 0.6) is 0 Å². The maximum atomic E-state index is 13.5. The van der Waals surface area contributed by atoms with Gasteiger partial charge in [0, 0.05) is 11.6 Å². The molecule has 0 aliphatic heterocycles. The van der Waals surface area contributed by atoms with Crippen molar-refractivity contribution in [3.63, 3.8) is 0 Å². The van der Waals surface area contributed by atoms with E-state index >= 15 is 0 Å². The van der Waals surface area contributed by atoms with Crippen molar-refractivity contribution in [3.05, 3.63) is 53.6 Å². The van der Waals surface area contributed by atoms with Crippen LogP contribution in [-0.4, -0.2) is 11.8 Å². The van der Waals surface area contributed by atoms with Crippen LogP contribution in [0.4, 0.5) is 26.3 Å². The van der Waals surface area contributed by atoms with Crippen molar-refractivity contribution in [2.75, 3.05) is 0 Å². The van der Waals surface area contributed by atoms with Gasteiger partial charge < -0.3 is 0 Å². The summed E-state index contributed by atoms with van der Waals surface area (Å²) in [6.07, 6.45) is -0.249. The lowest BCUT2D eigenvalue weighted by atomic mass is 9.92. The van der Waals surface area contributed by atoms with Gasteiger partial charge in [-0.15, -0.1) is 0 Å². The van der Waals surface area contributed by atoms with Gasteiger partial charge in [-0.05, 0) is 5.56 Å². The van der Waals surface area contributed by atoms with E-state index in [1.54, 1.807) is 0 Å². The van der Waals surface area contributed by atoms with Gasteiger partial charge in [0.25, 0.3) is 0 Å². The highest BCUT2D eigenvalue weighted by molar-refractivity contribution is 5.76. The molecule has 0 amide bonds. The van der Waals surface area contributed by atoms with Crippen LogP contribution in [0.25, 0.3) is 5.57 Å². The molecule has 0 saturated heterocycles. The lowest BCUT2D eigenvalue weighted by molar-refractivity contribution is 0.0220. The number of hydrogen-bond donors (Lipinski definition) is 0. The monoisotopic (exact) mass is 264 g/mol. The second kappa shape index (κ2) is 3.90. The third-order valence-electron chi connectivity index (χ3n) is 2.51. The van der Waals surface area contributed by atoms with Gasteiger partial charge in [0.15, 0.2) is 0 Å². The van der Waals surface area contributed by atoms with E-state index in [9.17, 15) is 26.3 Å². The topological polar surface area (TPSA) is 0 Å². The largest absolute Gasteiger partial charge is 0.327 e. The molecular formula is C12H6F6. The van der Waals surface area contributed by atoms with Crippen molar-refractivity contribution in [1.82, 2.24) is 0 Å². The molecule has 1 aromatic carbocycles. The van der Waals surface area contributed by atoms with Gasteiger partial charge in [-0.3, -0.25) is 0 Å². The molecule has 1 aliphatic rings. The number of alkyl halides is 4. The first-order valence-corrected chi connectivity index (χ1v) is 4.87. The summed E-state index contributed by atoms with van der Waals surface area (Å²) in [6, 6.07) is 6.38. The van der Waals surface area contributed by atoms with Gasteiger partial charge >= 0.3 is 11.8 Å². The van der Waals surface area contributed by atoms with Crippen LogP contribution < -0.4 is 0 Å². The van der Waals surface area contributed by atoms with Crippen molar-refractivity contribution in [2.45, 2.75) is 11.8 Å². The maximum absolute atomic E-state index is 13.5. The Labute approximate surface area is 98.2 Å². The van der Waals surface area contributed by atoms with Gasteiger partial charge in [-0.2, -0.15) is 17.6 Å². The second-order valence-corrected chi connectivity index (χ2v) is 3.75. The molecule has 0 bridgehead atoms. The first kappa shape index (κ1) is 12.7. The van der Waals surface area contributed by atoms with E-state index in [1.807, 2.05) is 0 Å². The van der Waals surface area contributed by atoms with Gasteiger partial charge in [-0.1, -0.05) is 30.3 Å². The summed E-state index contributed by atoms with van der Waals surface area (Å²) < 4.78 is 78.8. The first-order valence-electron chi connectivity index (χ1n) is 4.87. The Morgan fingerprint density at radius 1 is 0.778 bits per heavy atom. The summed E-state index contributed by atoms with van der Waals surface area (Å²) in [5.41, 5.74) is -1.53. The molecule has 0 unspecified atom stereocenters. The Kier molecular flexibility index (Phi) is 2.76. The molecule has 18 heavy (non-hydrogen) atoms. The zero-order valence-electron chi connectivity index (χ0n) is 8.73. The average Bonchev–Trinajstić information content (AvgIpc) is 2.33. The summed E-state index contributed by atoms with van der Waals surface area (Å²) in [7, 11) is 0. The fourth-order valence-corrected chi connectivity index (χ4v) is 1.62. The van der Waals surface area contributed by atoms with Crippen LogP contribution >= 0.6 is 0 Å². The summed E-state index contributed by atoms with van der Waals surface area (Å²) in [5.74, 6) is -14.2. The molecule has 0 fully saturated rings. The lowest BCUT2D eigenvalue weighted by Crippen LogP contribution is -2.31. The third-order valence-corrected chi connectivity index (χ3v) is 2.51. The van der Waals surface area contributed by atoms with Crippen LogP contribution in [0.15, 0.2) is 48.1 Å². The minimum atomic E-state index is -4.40. The van der Waals surface area contributed by atoms with Crippen LogP contribution in [0.2, 0.25) is 0 Å². The molecule has 0 atom stereocenters. The molecule has 0 spiro atoms. The summed E-state index contributed by atoms with van der Waals surface area (Å²) in [6.45, 7) is 0. The fourth-order valence-electron chi connectivity index (χ4n) is 1.62. The molecule has 6 heteroatoms. The molecule has 0 heterocycles. The normalized spacial score (nSPS) is 21.8. The minimum Gasteiger partial charge on any atom is -0.202 e. The number of halogens is 6. The van der Waals surface area contributed by atoms with Crippen LogP contribution in [-0.2, 0) is 0 Å². The fraction of sp³-hybridized carbons (Fsp3) is 0.167. The molecule has 2 rings (SSSR count). The molecular weight excluding hydrogens is 258 g/mol. The van der Waals surface area contributed by atoms with Crippen LogP contribution in [0, 0.1) is 0 Å². The highest BCUT2D eigenvalue weighted by Crippen LogP contribution is 2.49. The molecule has 1 aromatic rings. The standard InChI is InChI=1S/C12H6F6/c13-9-10(14)12(17,18)8(6-11(9,15)16)7-4-2-1-3-5-7/h1-6H. The van der Waals surface area contributed by atoms with Crippen molar-refractivity contribution in [2.24, 2.45) is 0 Å². The summed E-state index contributed by atoms with van der Waals surface area (Å²) in [5, 5.41) is 0. The minimum absolute atomic E-state index is 0.249. The predicted octanol–water partition coefficient (Wildman–Crippen LogP) is 4.50. The summed E-state index contributed by atoms with van der Waals surface area (Å²) in [4.78, 5) is 0. The number of hydrogen-bond acceptors (Lipinski definition) is 0. The quantitative estimate of drug-likeness (QED) is 0.655. The van der Waals surface area contributed by atoms with Gasteiger partial charge in [0.1, 0.15) is 0 Å². The molecule has 96 valence electrons. The SMILES string of the molecule is FC1=C(F)C(F)(F)C(c2ccccc2)=CC1(F)F. The van der Waals surface area contributed by atoms with Crippen molar-refractivity contribution >= 4 is 5.57 Å². The molecule has 0 radical (unpaired) electrons. The van der Waals surface area contributed by atoms with Gasteiger partial charge in [-0.25, -0.2) is 8.78 Å². The van der Waals surface area contributed by atoms with Crippen LogP contribution in [0.3, 0.4) is 0 Å². The molecule has 0 N–H and O–H groups in total. The Morgan fingerprint density at radius 3 is 1.89 bits per heavy atom. The van der Waals surface area contributed by atoms with Crippen molar-refractivity contribution in [3.8, 4) is 0 Å². The van der Waals surface area contributed by atoms with Crippen LogP contribution in [0.1, 0.15) is 5.56 Å². The molecule has 1 aliphatic carbocycles. The van der Waals surface area contributed by atoms with E-state index in [-0.39, 0.29) is 11.6 Å². The number of rotatable bonds is 1. The Balaban J connectivity index is 2.62. The van der Waals surface area contributed by atoms with E-state index in [2.05, 4.69) is 0 Å². The Hall–Kier alpha value is -1.72. The van der Waals surface area contributed by atoms with Gasteiger partial charge in [0.2, 0.25) is 11.7 Å². The van der Waals surface area contributed by atoms with Crippen molar-refractivity contribution < 1.29 is 26.3 Å². The summed E-state index contributed by atoms with van der Waals surface area (Å²) >= 11 is 0. The Bertz CT molecular complexity index is 527. The van der Waals surface area contributed by atoms with Crippen molar-refractivity contribution in [1.29, 1.82) is 0 Å². The van der Waals surface area contributed by atoms with Gasteiger partial charge in [0.05, 0.1) is 0 Å². The smallest absolute Gasteiger partial charge is 0.202 e. The lowest BCUT2D eigenvalue weighted by Gasteiger charge is -2.26. The maximum Gasteiger partial charge on any atom is 0.327 e. The van der Waals surface area contributed by atoms with E-state index in [0.29, 0.717) is 0 Å². The molecule has 0 aromatic heterocycles. The average molecular weight is 264 g/mol. The predicted molar refractivity (Wildman–Crippen MR) is 53.6 cm³/mol. The van der Waals surface area contributed by atoms with E-state index in [0.717, 1.165) is 12.1 Å². The Morgan fingerprint density at radius 2 is 1.33 bits per heavy atom. The van der Waals surface area contributed by atoms with E-state index in [4.69, 9.17) is 0 Å². The zero-order valence-corrected chi connectivity index (χ0v) is 8.73. The molecule has 0 nitrogen and oxygen atoms in total. The first-order chi connectivity index (χ1) is 8.27. The zero-order chi connectivity index (χ0) is 13.6. The number of allylic oxidation sites excluding steroid dienone is 4. The third kappa shape index (κ3) is 1.81. The van der Waals surface area contributed by atoms with E-state index in [1.165, 1.54) is 18.2 Å². The highest BCUT2D eigenvalue weighted by Gasteiger charge is 2.54. The second-order valence-electron chi connectivity index (χ2n) is 3.75.